The van der Waals surface area contributed by atoms with Crippen LogP contribution in [0.25, 0.3) is 5.69 Å². The van der Waals surface area contributed by atoms with Crippen molar-refractivity contribution in [2.24, 2.45) is 0 Å². The van der Waals surface area contributed by atoms with E-state index in [1.807, 2.05) is 30.3 Å². The van der Waals surface area contributed by atoms with Crippen molar-refractivity contribution in [1.29, 1.82) is 0 Å². The summed E-state index contributed by atoms with van der Waals surface area (Å²) in [4.78, 5) is 12.7. The van der Waals surface area contributed by atoms with Crippen LogP contribution < -0.4 is 5.32 Å². The van der Waals surface area contributed by atoms with Crippen molar-refractivity contribution in [3.8, 4) is 5.69 Å². The molecule has 2 heterocycles. The lowest BCUT2D eigenvalue weighted by Gasteiger charge is -2.10. The molecule has 0 saturated heterocycles. The maximum atomic E-state index is 12.7. The summed E-state index contributed by atoms with van der Waals surface area (Å²) >= 11 is 5.92. The number of benzene rings is 2. The van der Waals surface area contributed by atoms with Crippen LogP contribution in [0.3, 0.4) is 0 Å². The van der Waals surface area contributed by atoms with E-state index >= 15 is 0 Å². The Morgan fingerprint density at radius 1 is 1.11 bits per heavy atom. The van der Waals surface area contributed by atoms with Gasteiger partial charge in [-0.15, -0.1) is 5.10 Å². The second-order valence-electron chi connectivity index (χ2n) is 5.76. The Morgan fingerprint density at radius 3 is 2.74 bits per heavy atom. The van der Waals surface area contributed by atoms with E-state index in [1.165, 1.54) is 11.0 Å². The maximum absolute atomic E-state index is 12.7. The number of halogens is 1. The average Bonchev–Trinajstić information content (AvgIpc) is 3.36. The molecule has 0 bridgehead atoms. The van der Waals surface area contributed by atoms with Gasteiger partial charge in [0, 0.05) is 16.7 Å². The molecule has 9 heteroatoms. The van der Waals surface area contributed by atoms with Crippen LogP contribution >= 0.6 is 11.6 Å². The van der Waals surface area contributed by atoms with Gasteiger partial charge in [0.1, 0.15) is 12.1 Å². The first-order valence-corrected chi connectivity index (χ1v) is 8.48. The van der Waals surface area contributed by atoms with Crippen LogP contribution in [-0.2, 0) is 6.54 Å². The number of carbonyl (C=O) groups is 1. The summed E-state index contributed by atoms with van der Waals surface area (Å²) in [5, 5.41) is 18.9. The summed E-state index contributed by atoms with van der Waals surface area (Å²) in [5.41, 5.74) is 2.21. The van der Waals surface area contributed by atoms with Crippen molar-refractivity contribution in [3.05, 3.63) is 83.3 Å². The van der Waals surface area contributed by atoms with Crippen LogP contribution in [0.1, 0.15) is 15.9 Å². The standard InChI is InChI=1S/C18H14ClN7O/c19-15-6-4-13(5-7-15)11-25-17(8-9-21-25)22-18(27)14-2-1-3-16(10-14)26-12-20-23-24-26/h1-10,12H,11H2,(H,22,27). The molecule has 0 aliphatic carbocycles. The fraction of sp³-hybridized carbons (Fsp3) is 0.0556. The Balaban J connectivity index is 1.51. The second-order valence-corrected chi connectivity index (χ2v) is 6.20. The zero-order valence-corrected chi connectivity index (χ0v) is 14.8. The number of hydrogen-bond acceptors (Lipinski definition) is 5. The summed E-state index contributed by atoms with van der Waals surface area (Å²) in [7, 11) is 0. The molecule has 8 nitrogen and oxygen atoms in total. The van der Waals surface area contributed by atoms with Crippen molar-refractivity contribution in [2.45, 2.75) is 6.54 Å². The normalized spacial score (nSPS) is 10.7. The Morgan fingerprint density at radius 2 is 1.96 bits per heavy atom. The molecular weight excluding hydrogens is 366 g/mol. The van der Waals surface area contributed by atoms with E-state index in [1.54, 1.807) is 35.1 Å². The minimum Gasteiger partial charge on any atom is -0.307 e. The number of carbonyl (C=O) groups excluding carboxylic acids is 1. The van der Waals surface area contributed by atoms with Gasteiger partial charge in [-0.25, -0.2) is 9.36 Å². The largest absolute Gasteiger partial charge is 0.307 e. The van der Waals surface area contributed by atoms with E-state index in [0.717, 1.165) is 5.56 Å². The Hall–Kier alpha value is -3.52. The van der Waals surface area contributed by atoms with E-state index in [-0.39, 0.29) is 5.91 Å². The van der Waals surface area contributed by atoms with Crippen LogP contribution in [0.4, 0.5) is 5.82 Å². The fourth-order valence-electron chi connectivity index (χ4n) is 2.59. The summed E-state index contributed by atoms with van der Waals surface area (Å²) < 4.78 is 3.20. The number of nitrogens with zero attached hydrogens (tertiary/aromatic N) is 6. The third kappa shape index (κ3) is 3.85. The number of anilines is 1. The van der Waals surface area contributed by atoms with Crippen LogP contribution in [0, 0.1) is 0 Å². The maximum Gasteiger partial charge on any atom is 0.256 e. The third-order valence-electron chi connectivity index (χ3n) is 3.93. The van der Waals surface area contributed by atoms with Gasteiger partial charge in [0.25, 0.3) is 5.91 Å². The lowest BCUT2D eigenvalue weighted by molar-refractivity contribution is 0.102. The highest BCUT2D eigenvalue weighted by Gasteiger charge is 2.11. The van der Waals surface area contributed by atoms with E-state index in [4.69, 9.17) is 11.6 Å². The van der Waals surface area contributed by atoms with Gasteiger partial charge in [-0.3, -0.25) is 4.79 Å². The van der Waals surface area contributed by atoms with Gasteiger partial charge in [0.05, 0.1) is 18.4 Å². The van der Waals surface area contributed by atoms with Crippen molar-refractivity contribution in [2.75, 3.05) is 5.32 Å². The smallest absolute Gasteiger partial charge is 0.256 e. The molecule has 2 aromatic carbocycles. The molecule has 27 heavy (non-hydrogen) atoms. The molecule has 0 saturated carbocycles. The summed E-state index contributed by atoms with van der Waals surface area (Å²) in [6.45, 7) is 0.518. The van der Waals surface area contributed by atoms with E-state index in [9.17, 15) is 4.79 Å². The topological polar surface area (TPSA) is 90.5 Å². The lowest BCUT2D eigenvalue weighted by Crippen LogP contribution is -2.16. The Bertz CT molecular complexity index is 1060. The molecule has 0 fully saturated rings. The van der Waals surface area contributed by atoms with Crippen molar-refractivity contribution >= 4 is 23.3 Å². The summed E-state index contributed by atoms with van der Waals surface area (Å²) in [6, 6.07) is 16.3. The molecular formula is C18H14ClN7O. The predicted molar refractivity (Wildman–Crippen MR) is 99.9 cm³/mol. The second kappa shape index (κ2) is 7.38. The van der Waals surface area contributed by atoms with Gasteiger partial charge in [0.2, 0.25) is 0 Å². The minimum absolute atomic E-state index is 0.247. The number of aromatic nitrogens is 6. The summed E-state index contributed by atoms with van der Waals surface area (Å²) in [5.74, 6) is 0.352. The number of tetrazole rings is 1. The predicted octanol–water partition coefficient (Wildman–Crippen LogP) is 2.81. The quantitative estimate of drug-likeness (QED) is 0.575. The zero-order valence-electron chi connectivity index (χ0n) is 14.0. The molecule has 1 N–H and O–H groups in total. The Kier molecular flexibility index (Phi) is 4.63. The molecule has 0 radical (unpaired) electrons. The van der Waals surface area contributed by atoms with Gasteiger partial charge in [0.15, 0.2) is 0 Å². The lowest BCUT2D eigenvalue weighted by atomic mass is 10.2. The molecule has 0 spiro atoms. The molecule has 0 unspecified atom stereocenters. The first-order chi connectivity index (χ1) is 13.2. The first-order valence-electron chi connectivity index (χ1n) is 8.10. The van der Waals surface area contributed by atoms with Crippen LogP contribution in [-0.4, -0.2) is 35.9 Å². The van der Waals surface area contributed by atoms with Crippen LogP contribution in [0.15, 0.2) is 67.1 Å². The number of amides is 1. The third-order valence-corrected chi connectivity index (χ3v) is 4.18. The Labute approximate surface area is 159 Å². The molecule has 2 aromatic heterocycles. The van der Waals surface area contributed by atoms with Gasteiger partial charge < -0.3 is 5.32 Å². The number of rotatable bonds is 5. The van der Waals surface area contributed by atoms with E-state index in [0.29, 0.717) is 28.6 Å². The van der Waals surface area contributed by atoms with Crippen LogP contribution in [0.5, 0.6) is 0 Å². The average molecular weight is 380 g/mol. The van der Waals surface area contributed by atoms with Crippen molar-refractivity contribution in [3.63, 3.8) is 0 Å². The molecule has 134 valence electrons. The molecule has 0 aliphatic heterocycles. The van der Waals surface area contributed by atoms with Gasteiger partial charge in [-0.1, -0.05) is 29.8 Å². The van der Waals surface area contributed by atoms with E-state index < -0.39 is 0 Å². The molecule has 0 atom stereocenters. The van der Waals surface area contributed by atoms with Gasteiger partial charge >= 0.3 is 0 Å². The minimum atomic E-state index is -0.247. The van der Waals surface area contributed by atoms with Gasteiger partial charge in [-0.05, 0) is 46.3 Å². The highest BCUT2D eigenvalue weighted by Crippen LogP contribution is 2.15. The first kappa shape index (κ1) is 16.9. The van der Waals surface area contributed by atoms with Crippen molar-refractivity contribution in [1.82, 2.24) is 30.0 Å². The monoisotopic (exact) mass is 379 g/mol. The van der Waals surface area contributed by atoms with E-state index in [2.05, 4.69) is 25.9 Å². The van der Waals surface area contributed by atoms with Crippen molar-refractivity contribution < 1.29 is 4.79 Å². The SMILES string of the molecule is O=C(Nc1ccnn1Cc1ccc(Cl)cc1)c1cccc(-n2cnnn2)c1. The number of hydrogen-bond donors (Lipinski definition) is 1. The summed E-state index contributed by atoms with van der Waals surface area (Å²) in [6.07, 6.45) is 3.11. The van der Waals surface area contributed by atoms with Crippen LogP contribution in [0.2, 0.25) is 5.02 Å². The molecule has 1 amide bonds. The highest BCUT2D eigenvalue weighted by molar-refractivity contribution is 6.30. The molecule has 0 aliphatic rings. The number of nitrogens with one attached hydrogen (secondary N) is 1. The molecule has 4 rings (SSSR count). The zero-order chi connectivity index (χ0) is 18.6. The molecule has 4 aromatic rings. The van der Waals surface area contributed by atoms with Gasteiger partial charge in [-0.2, -0.15) is 5.10 Å². The fourth-order valence-corrected chi connectivity index (χ4v) is 2.71. The highest BCUT2D eigenvalue weighted by atomic mass is 35.5.